The standard InChI is InChI=1S/C13H17N5/c1-9(2)6-11-7-12(18-14)17-13(16-11)10-4-3-5-15-8-10/h3-5,7-9H,6,14H2,1-2H3,(H,16,17,18). The summed E-state index contributed by atoms with van der Waals surface area (Å²) in [6.07, 6.45) is 4.36. The van der Waals surface area contributed by atoms with Crippen LogP contribution >= 0.6 is 0 Å². The Bertz CT molecular complexity index is 510. The first-order valence-corrected chi connectivity index (χ1v) is 5.94. The van der Waals surface area contributed by atoms with Crippen molar-refractivity contribution < 1.29 is 0 Å². The molecule has 3 N–H and O–H groups in total. The molecular formula is C13H17N5. The second-order valence-electron chi connectivity index (χ2n) is 4.55. The molecule has 5 nitrogen and oxygen atoms in total. The Kier molecular flexibility index (Phi) is 3.84. The molecule has 0 aliphatic rings. The van der Waals surface area contributed by atoms with E-state index in [1.54, 1.807) is 12.4 Å². The summed E-state index contributed by atoms with van der Waals surface area (Å²) in [5.41, 5.74) is 4.45. The molecule has 0 saturated heterocycles. The second kappa shape index (κ2) is 5.55. The van der Waals surface area contributed by atoms with Crippen LogP contribution in [0.5, 0.6) is 0 Å². The van der Waals surface area contributed by atoms with E-state index >= 15 is 0 Å². The summed E-state index contributed by atoms with van der Waals surface area (Å²) >= 11 is 0. The maximum Gasteiger partial charge on any atom is 0.163 e. The predicted octanol–water partition coefficient (Wildman–Crippen LogP) is 2.02. The lowest BCUT2D eigenvalue weighted by Crippen LogP contribution is -2.11. The van der Waals surface area contributed by atoms with Crippen LogP contribution in [0.1, 0.15) is 19.5 Å². The molecule has 2 aromatic rings. The Morgan fingerprint density at radius 3 is 2.78 bits per heavy atom. The smallest absolute Gasteiger partial charge is 0.163 e. The van der Waals surface area contributed by atoms with Crippen LogP contribution in [0.4, 0.5) is 5.82 Å². The van der Waals surface area contributed by atoms with Crippen LogP contribution in [-0.2, 0) is 6.42 Å². The minimum atomic E-state index is 0.535. The number of pyridine rings is 1. The number of hydrogen-bond donors (Lipinski definition) is 2. The van der Waals surface area contributed by atoms with Gasteiger partial charge in [0.1, 0.15) is 5.82 Å². The first-order chi connectivity index (χ1) is 8.69. The molecule has 2 heterocycles. The van der Waals surface area contributed by atoms with Crippen molar-refractivity contribution in [2.75, 3.05) is 5.43 Å². The molecule has 5 heteroatoms. The first kappa shape index (κ1) is 12.4. The second-order valence-corrected chi connectivity index (χ2v) is 4.55. The fraction of sp³-hybridized carbons (Fsp3) is 0.308. The van der Waals surface area contributed by atoms with E-state index < -0.39 is 0 Å². The van der Waals surface area contributed by atoms with Gasteiger partial charge in [-0.15, -0.1) is 0 Å². The molecule has 0 aliphatic carbocycles. The predicted molar refractivity (Wildman–Crippen MR) is 71.6 cm³/mol. The summed E-state index contributed by atoms with van der Waals surface area (Å²) < 4.78 is 0. The van der Waals surface area contributed by atoms with E-state index in [-0.39, 0.29) is 0 Å². The number of nitrogens with two attached hydrogens (primary N) is 1. The van der Waals surface area contributed by atoms with E-state index in [1.807, 2.05) is 18.2 Å². The van der Waals surface area contributed by atoms with Gasteiger partial charge in [0.25, 0.3) is 0 Å². The zero-order valence-corrected chi connectivity index (χ0v) is 10.6. The van der Waals surface area contributed by atoms with E-state index in [4.69, 9.17) is 5.84 Å². The summed E-state index contributed by atoms with van der Waals surface area (Å²) in [6.45, 7) is 4.31. The summed E-state index contributed by atoms with van der Waals surface area (Å²) in [5, 5.41) is 0. The van der Waals surface area contributed by atoms with Gasteiger partial charge in [0.15, 0.2) is 5.82 Å². The van der Waals surface area contributed by atoms with Crippen molar-refractivity contribution in [3.8, 4) is 11.4 Å². The zero-order valence-electron chi connectivity index (χ0n) is 10.6. The van der Waals surface area contributed by atoms with Gasteiger partial charge in [-0.2, -0.15) is 0 Å². The minimum absolute atomic E-state index is 0.535. The molecule has 0 bridgehead atoms. The fourth-order valence-electron chi connectivity index (χ4n) is 1.72. The monoisotopic (exact) mass is 243 g/mol. The first-order valence-electron chi connectivity index (χ1n) is 5.94. The zero-order chi connectivity index (χ0) is 13.0. The van der Waals surface area contributed by atoms with E-state index in [9.17, 15) is 0 Å². The Morgan fingerprint density at radius 2 is 2.17 bits per heavy atom. The van der Waals surface area contributed by atoms with Gasteiger partial charge < -0.3 is 5.43 Å². The Morgan fingerprint density at radius 1 is 1.33 bits per heavy atom. The maximum atomic E-state index is 5.44. The average molecular weight is 243 g/mol. The van der Waals surface area contributed by atoms with Crippen molar-refractivity contribution in [3.63, 3.8) is 0 Å². The lowest BCUT2D eigenvalue weighted by atomic mass is 10.1. The quantitative estimate of drug-likeness (QED) is 0.634. The number of hydrogen-bond acceptors (Lipinski definition) is 5. The highest BCUT2D eigenvalue weighted by molar-refractivity contribution is 5.56. The lowest BCUT2D eigenvalue weighted by Gasteiger charge is -2.09. The van der Waals surface area contributed by atoms with Crippen molar-refractivity contribution in [1.29, 1.82) is 0 Å². The molecule has 0 aromatic carbocycles. The Hall–Kier alpha value is -2.01. The van der Waals surface area contributed by atoms with Gasteiger partial charge in [-0.05, 0) is 24.5 Å². The van der Waals surface area contributed by atoms with Crippen LogP contribution in [0.25, 0.3) is 11.4 Å². The number of nitrogen functional groups attached to an aromatic ring is 1. The van der Waals surface area contributed by atoms with Gasteiger partial charge in [-0.3, -0.25) is 4.98 Å². The summed E-state index contributed by atoms with van der Waals surface area (Å²) in [7, 11) is 0. The molecule has 0 radical (unpaired) electrons. The molecule has 0 aliphatic heterocycles. The Labute approximate surface area is 106 Å². The van der Waals surface area contributed by atoms with E-state index in [1.165, 1.54) is 0 Å². The van der Waals surface area contributed by atoms with Crippen molar-refractivity contribution in [3.05, 3.63) is 36.3 Å². The number of nitrogens with zero attached hydrogens (tertiary/aromatic N) is 3. The van der Waals surface area contributed by atoms with Gasteiger partial charge in [-0.1, -0.05) is 13.8 Å². The summed E-state index contributed by atoms with van der Waals surface area (Å²) in [5.74, 6) is 7.25. The van der Waals surface area contributed by atoms with Crippen LogP contribution < -0.4 is 11.3 Å². The number of anilines is 1. The van der Waals surface area contributed by atoms with Crippen LogP contribution in [0.2, 0.25) is 0 Å². The lowest BCUT2D eigenvalue weighted by molar-refractivity contribution is 0.635. The van der Waals surface area contributed by atoms with E-state index in [0.717, 1.165) is 17.7 Å². The molecule has 2 rings (SSSR count). The number of nitrogens with one attached hydrogen (secondary N) is 1. The molecule has 0 spiro atoms. The van der Waals surface area contributed by atoms with Gasteiger partial charge in [0.2, 0.25) is 0 Å². The SMILES string of the molecule is CC(C)Cc1cc(NN)nc(-c2cccnc2)n1. The number of rotatable bonds is 4. The molecule has 18 heavy (non-hydrogen) atoms. The topological polar surface area (TPSA) is 76.7 Å². The molecule has 0 amide bonds. The van der Waals surface area contributed by atoms with E-state index in [0.29, 0.717) is 17.6 Å². The highest BCUT2D eigenvalue weighted by atomic mass is 15.3. The third kappa shape index (κ3) is 3.01. The Balaban J connectivity index is 2.41. The molecule has 0 fully saturated rings. The largest absolute Gasteiger partial charge is 0.308 e. The molecule has 0 saturated carbocycles. The van der Waals surface area contributed by atoms with Crippen molar-refractivity contribution in [2.45, 2.75) is 20.3 Å². The molecule has 2 aromatic heterocycles. The van der Waals surface area contributed by atoms with Crippen molar-refractivity contribution in [2.24, 2.45) is 11.8 Å². The summed E-state index contributed by atoms with van der Waals surface area (Å²) in [4.78, 5) is 13.0. The van der Waals surface area contributed by atoms with Gasteiger partial charge >= 0.3 is 0 Å². The molecule has 94 valence electrons. The third-order valence-corrected chi connectivity index (χ3v) is 2.46. The maximum absolute atomic E-state index is 5.44. The minimum Gasteiger partial charge on any atom is -0.308 e. The number of aromatic nitrogens is 3. The van der Waals surface area contributed by atoms with Crippen molar-refractivity contribution in [1.82, 2.24) is 15.0 Å². The van der Waals surface area contributed by atoms with Gasteiger partial charge in [0, 0.05) is 29.7 Å². The number of hydrazine groups is 1. The van der Waals surface area contributed by atoms with Crippen LogP contribution in [0, 0.1) is 5.92 Å². The third-order valence-electron chi connectivity index (χ3n) is 2.46. The van der Waals surface area contributed by atoms with Gasteiger partial charge in [-0.25, -0.2) is 15.8 Å². The van der Waals surface area contributed by atoms with Crippen LogP contribution in [0.3, 0.4) is 0 Å². The van der Waals surface area contributed by atoms with Gasteiger partial charge in [0.05, 0.1) is 0 Å². The molecule has 0 unspecified atom stereocenters. The average Bonchev–Trinajstić information content (AvgIpc) is 2.38. The normalized spacial score (nSPS) is 10.7. The molecular weight excluding hydrogens is 226 g/mol. The van der Waals surface area contributed by atoms with Crippen LogP contribution in [0.15, 0.2) is 30.6 Å². The highest BCUT2D eigenvalue weighted by Crippen LogP contribution is 2.18. The summed E-state index contributed by atoms with van der Waals surface area (Å²) in [6, 6.07) is 5.67. The van der Waals surface area contributed by atoms with E-state index in [2.05, 4.69) is 34.2 Å². The van der Waals surface area contributed by atoms with Crippen molar-refractivity contribution >= 4 is 5.82 Å². The highest BCUT2D eigenvalue weighted by Gasteiger charge is 2.07. The van der Waals surface area contributed by atoms with Crippen LogP contribution in [-0.4, -0.2) is 15.0 Å². The fourth-order valence-corrected chi connectivity index (χ4v) is 1.72. The molecule has 0 atom stereocenters.